The predicted molar refractivity (Wildman–Crippen MR) is 51.6 cm³/mol. The van der Waals surface area contributed by atoms with Gasteiger partial charge in [0.05, 0.1) is 13.2 Å². The Balaban J connectivity index is 3.05. The van der Waals surface area contributed by atoms with Crippen molar-refractivity contribution in [2.45, 2.75) is 25.9 Å². The van der Waals surface area contributed by atoms with Gasteiger partial charge in [-0.2, -0.15) is 0 Å². The summed E-state index contributed by atoms with van der Waals surface area (Å²) in [5.74, 6) is 0. The summed E-state index contributed by atoms with van der Waals surface area (Å²) in [6, 6.07) is 0. The van der Waals surface area contributed by atoms with Crippen LogP contribution in [0.1, 0.15) is 19.8 Å². The molecular weight excluding hydrogens is 170 g/mol. The third kappa shape index (κ3) is 9.76. The molecule has 80 valence electrons. The first kappa shape index (κ1) is 12.8. The van der Waals surface area contributed by atoms with Gasteiger partial charge in [0.1, 0.15) is 6.10 Å². The molecule has 0 aliphatic carbocycles. The highest BCUT2D eigenvalue weighted by Crippen LogP contribution is 1.90. The summed E-state index contributed by atoms with van der Waals surface area (Å²) >= 11 is 0. The molecule has 1 unspecified atom stereocenters. The van der Waals surface area contributed by atoms with Crippen LogP contribution in [0.2, 0.25) is 0 Å². The first-order valence-electron chi connectivity index (χ1n) is 4.84. The maximum absolute atomic E-state index is 9.29. The van der Waals surface area contributed by atoms with E-state index in [1.54, 1.807) is 0 Å². The minimum atomic E-state index is -0.510. The van der Waals surface area contributed by atoms with E-state index in [9.17, 15) is 5.11 Å². The Morgan fingerprint density at radius 1 is 1.23 bits per heavy atom. The lowest BCUT2D eigenvalue weighted by Gasteiger charge is -2.10. The molecule has 0 radical (unpaired) electrons. The molecule has 4 nitrogen and oxygen atoms in total. The van der Waals surface area contributed by atoms with Crippen molar-refractivity contribution in [2.24, 2.45) is 5.73 Å². The Morgan fingerprint density at radius 3 is 2.38 bits per heavy atom. The van der Waals surface area contributed by atoms with Gasteiger partial charge in [0.25, 0.3) is 0 Å². The first-order valence-corrected chi connectivity index (χ1v) is 4.84. The predicted octanol–water partition coefficient (Wildman–Crippen LogP) is 0.139. The van der Waals surface area contributed by atoms with Gasteiger partial charge >= 0.3 is 0 Å². The average molecular weight is 191 g/mol. The highest BCUT2D eigenvalue weighted by atomic mass is 16.5. The standard InChI is InChI=1S/C9H21NO3/c1-2-5-12-7-9(11)8-13-6-3-4-10/h9,11H,2-8,10H2,1H3. The Labute approximate surface area is 80.0 Å². The molecule has 0 bridgehead atoms. The smallest absolute Gasteiger partial charge is 0.101 e. The average Bonchev–Trinajstić information content (AvgIpc) is 2.13. The number of hydrogen-bond donors (Lipinski definition) is 2. The van der Waals surface area contributed by atoms with E-state index >= 15 is 0 Å². The molecule has 0 aliphatic rings. The van der Waals surface area contributed by atoms with Gasteiger partial charge < -0.3 is 20.3 Å². The molecule has 1 atom stereocenters. The number of aliphatic hydroxyl groups is 1. The highest BCUT2D eigenvalue weighted by molar-refractivity contribution is 4.51. The Morgan fingerprint density at radius 2 is 1.85 bits per heavy atom. The van der Waals surface area contributed by atoms with Crippen LogP contribution in [0.3, 0.4) is 0 Å². The molecule has 0 aliphatic heterocycles. The minimum Gasteiger partial charge on any atom is -0.388 e. The Kier molecular flexibility index (Phi) is 9.80. The molecule has 0 aromatic carbocycles. The van der Waals surface area contributed by atoms with E-state index in [-0.39, 0.29) is 0 Å². The Bertz CT molecular complexity index is 101. The van der Waals surface area contributed by atoms with Gasteiger partial charge in [-0.05, 0) is 19.4 Å². The SMILES string of the molecule is CCCOCC(O)COCCCN. The Hall–Kier alpha value is -0.160. The maximum Gasteiger partial charge on any atom is 0.101 e. The fourth-order valence-electron chi connectivity index (χ4n) is 0.817. The van der Waals surface area contributed by atoms with Crippen LogP contribution >= 0.6 is 0 Å². The molecule has 0 heterocycles. The van der Waals surface area contributed by atoms with Crippen molar-refractivity contribution >= 4 is 0 Å². The summed E-state index contributed by atoms with van der Waals surface area (Å²) in [7, 11) is 0. The van der Waals surface area contributed by atoms with Gasteiger partial charge in [-0.3, -0.25) is 0 Å². The monoisotopic (exact) mass is 191 g/mol. The zero-order valence-electron chi connectivity index (χ0n) is 8.37. The van der Waals surface area contributed by atoms with Crippen LogP contribution in [0, 0.1) is 0 Å². The van der Waals surface area contributed by atoms with Crippen LogP contribution in [-0.4, -0.2) is 44.2 Å². The summed E-state index contributed by atoms with van der Waals surface area (Å²) < 4.78 is 10.3. The maximum atomic E-state index is 9.29. The van der Waals surface area contributed by atoms with Crippen molar-refractivity contribution < 1.29 is 14.6 Å². The van der Waals surface area contributed by atoms with Crippen LogP contribution in [-0.2, 0) is 9.47 Å². The summed E-state index contributed by atoms with van der Waals surface area (Å²) in [6.07, 6.45) is 1.30. The minimum absolute atomic E-state index is 0.337. The molecule has 0 fully saturated rings. The van der Waals surface area contributed by atoms with Crippen molar-refractivity contribution in [3.8, 4) is 0 Å². The molecule has 3 N–H and O–H groups in total. The molecule has 13 heavy (non-hydrogen) atoms. The number of nitrogens with two attached hydrogens (primary N) is 1. The van der Waals surface area contributed by atoms with Crippen molar-refractivity contribution in [2.75, 3.05) is 33.0 Å². The van der Waals surface area contributed by atoms with Gasteiger partial charge in [-0.1, -0.05) is 6.92 Å². The van der Waals surface area contributed by atoms with Crippen molar-refractivity contribution in [1.82, 2.24) is 0 Å². The lowest BCUT2D eigenvalue weighted by molar-refractivity contribution is -0.0187. The zero-order chi connectivity index (χ0) is 9.94. The molecule has 0 spiro atoms. The van der Waals surface area contributed by atoms with E-state index in [0.29, 0.717) is 33.0 Å². The molecule has 0 saturated carbocycles. The largest absolute Gasteiger partial charge is 0.388 e. The number of rotatable bonds is 9. The van der Waals surface area contributed by atoms with Gasteiger partial charge in [0, 0.05) is 13.2 Å². The normalized spacial score (nSPS) is 13.2. The van der Waals surface area contributed by atoms with E-state index in [1.807, 2.05) is 6.92 Å². The van der Waals surface area contributed by atoms with Crippen molar-refractivity contribution in [3.05, 3.63) is 0 Å². The molecule has 0 saturated heterocycles. The molecule has 0 rings (SSSR count). The van der Waals surface area contributed by atoms with Gasteiger partial charge in [0.2, 0.25) is 0 Å². The van der Waals surface area contributed by atoms with E-state index in [0.717, 1.165) is 12.8 Å². The van der Waals surface area contributed by atoms with Crippen LogP contribution in [0.25, 0.3) is 0 Å². The van der Waals surface area contributed by atoms with E-state index in [1.165, 1.54) is 0 Å². The quantitative estimate of drug-likeness (QED) is 0.509. The third-order valence-electron chi connectivity index (χ3n) is 1.46. The zero-order valence-corrected chi connectivity index (χ0v) is 8.37. The summed E-state index contributed by atoms with van der Waals surface area (Å²) in [6.45, 7) is 4.66. The molecule has 0 amide bonds. The topological polar surface area (TPSA) is 64.7 Å². The van der Waals surface area contributed by atoms with Crippen molar-refractivity contribution in [1.29, 1.82) is 0 Å². The summed E-state index contributed by atoms with van der Waals surface area (Å²) in [4.78, 5) is 0. The fourth-order valence-corrected chi connectivity index (χ4v) is 0.817. The molecule has 0 aromatic rings. The van der Waals surface area contributed by atoms with Crippen LogP contribution < -0.4 is 5.73 Å². The number of hydrogen-bond acceptors (Lipinski definition) is 4. The lowest BCUT2D eigenvalue weighted by atomic mass is 10.4. The van der Waals surface area contributed by atoms with Crippen LogP contribution in [0.15, 0.2) is 0 Å². The highest BCUT2D eigenvalue weighted by Gasteiger charge is 2.03. The molecule has 4 heteroatoms. The van der Waals surface area contributed by atoms with Crippen molar-refractivity contribution in [3.63, 3.8) is 0 Å². The van der Waals surface area contributed by atoms with E-state index in [2.05, 4.69) is 0 Å². The second kappa shape index (κ2) is 9.92. The summed E-state index contributed by atoms with van der Waals surface area (Å²) in [5.41, 5.74) is 5.28. The molecule has 0 aromatic heterocycles. The molecular formula is C9H21NO3. The second-order valence-corrected chi connectivity index (χ2v) is 2.95. The van der Waals surface area contributed by atoms with Crippen LogP contribution in [0.5, 0.6) is 0 Å². The number of aliphatic hydroxyl groups excluding tert-OH is 1. The third-order valence-corrected chi connectivity index (χ3v) is 1.46. The summed E-state index contributed by atoms with van der Waals surface area (Å²) in [5, 5.41) is 9.29. The van der Waals surface area contributed by atoms with Crippen LogP contribution in [0.4, 0.5) is 0 Å². The number of ether oxygens (including phenoxy) is 2. The fraction of sp³-hybridized carbons (Fsp3) is 1.00. The second-order valence-electron chi connectivity index (χ2n) is 2.95. The van der Waals surface area contributed by atoms with Gasteiger partial charge in [-0.25, -0.2) is 0 Å². The van der Waals surface area contributed by atoms with Gasteiger partial charge in [0.15, 0.2) is 0 Å². The lowest BCUT2D eigenvalue weighted by Crippen LogP contribution is -2.22. The van der Waals surface area contributed by atoms with Gasteiger partial charge in [-0.15, -0.1) is 0 Å². The van der Waals surface area contributed by atoms with E-state index in [4.69, 9.17) is 15.2 Å². The first-order chi connectivity index (χ1) is 6.31. The van der Waals surface area contributed by atoms with E-state index < -0.39 is 6.10 Å².